The van der Waals surface area contributed by atoms with Crippen molar-refractivity contribution in [3.05, 3.63) is 0 Å². The number of hydrogen-bond donors (Lipinski definition) is 2. The van der Waals surface area contributed by atoms with Gasteiger partial charge in [-0.25, -0.2) is 24.0 Å². The van der Waals surface area contributed by atoms with E-state index in [1.165, 1.54) is 0 Å². The van der Waals surface area contributed by atoms with Crippen LogP contribution in [0, 0.1) is 0 Å². The SMILES string of the molecule is O=C(O)OC(=O)OC(=O)OC(=O)OC(=O)O.[KH].[KH].[NaH].[NaH].[NaH].[NaH]. The Labute approximate surface area is 297 Å². The Bertz CT molecular complexity index is 332. The Kier molecular flexibility index (Phi) is 56.9. The zero-order chi connectivity index (χ0) is 12.7. The van der Waals surface area contributed by atoms with E-state index in [0.29, 0.717) is 0 Å². The number of ether oxygens (including phenoxy) is 4. The Morgan fingerprint density at radius 3 is 0.864 bits per heavy atom. The van der Waals surface area contributed by atoms with Gasteiger partial charge in [-0.15, -0.1) is 0 Å². The van der Waals surface area contributed by atoms with Crippen molar-refractivity contribution in [1.29, 1.82) is 0 Å². The molecule has 0 unspecified atom stereocenters. The third kappa shape index (κ3) is 32.1. The summed E-state index contributed by atoms with van der Waals surface area (Å²) in [5.41, 5.74) is 0. The first-order chi connectivity index (χ1) is 7.31. The molecular weight excluding hydrogens is 406 g/mol. The first-order valence-corrected chi connectivity index (χ1v) is 3.10. The molecule has 0 aromatic heterocycles. The number of rotatable bonds is 0. The quantitative estimate of drug-likeness (QED) is 0.234. The van der Waals surface area contributed by atoms with Gasteiger partial charge in [0.05, 0.1) is 0 Å². The van der Waals surface area contributed by atoms with E-state index >= 15 is 0 Å². The van der Waals surface area contributed by atoms with Crippen LogP contribution in [0.4, 0.5) is 24.0 Å². The molecule has 0 aromatic carbocycles. The monoisotopic (exact) mass is 414 g/mol. The van der Waals surface area contributed by atoms with Crippen molar-refractivity contribution in [2.75, 3.05) is 0 Å². The summed E-state index contributed by atoms with van der Waals surface area (Å²) in [6.07, 6.45) is -10.1. The van der Waals surface area contributed by atoms with E-state index in [2.05, 4.69) is 18.9 Å². The van der Waals surface area contributed by atoms with Crippen LogP contribution in [0.25, 0.3) is 0 Å². The summed E-state index contributed by atoms with van der Waals surface area (Å²) >= 11 is 0. The molecule has 0 spiro atoms. The molecule has 100 valence electrons. The summed E-state index contributed by atoms with van der Waals surface area (Å²) in [6.45, 7) is 0. The fourth-order valence-electron chi connectivity index (χ4n) is 0.341. The first-order valence-electron chi connectivity index (χ1n) is 3.10. The predicted molar refractivity (Wildman–Crippen MR) is 79.5 cm³/mol. The van der Waals surface area contributed by atoms with Crippen molar-refractivity contribution < 1.29 is 53.1 Å². The number of hydrogen-bond acceptors (Lipinski definition) is 9. The Morgan fingerprint density at radius 1 is 0.500 bits per heavy atom. The standard InChI is InChI=1S/C5H2O11.2K.4Na.6H/c6-1(7)13-3(10)15-5(12)16-4(11)14-2(8)9;;;;;;;;;;;;/h(H,6,7)(H,8,9);;;;;;;;;;;;. The van der Waals surface area contributed by atoms with Gasteiger partial charge in [-0.1, -0.05) is 0 Å². The number of carbonyl (C=O) groups excluding carboxylic acids is 3. The molecule has 0 aliphatic heterocycles. The molecule has 22 heavy (non-hydrogen) atoms. The van der Waals surface area contributed by atoms with Gasteiger partial charge in [-0.3, -0.25) is 0 Å². The van der Waals surface area contributed by atoms with E-state index in [-0.39, 0.29) is 221 Å². The summed E-state index contributed by atoms with van der Waals surface area (Å²) < 4.78 is 13.4. The molecule has 0 atom stereocenters. The Hall–Kier alpha value is 4.42. The van der Waals surface area contributed by atoms with Crippen LogP contribution in [0.2, 0.25) is 0 Å². The molecule has 0 heterocycles. The van der Waals surface area contributed by atoms with Crippen molar-refractivity contribution in [3.8, 4) is 0 Å². The van der Waals surface area contributed by atoms with Crippen LogP contribution in [-0.2, 0) is 18.9 Å². The fourth-order valence-corrected chi connectivity index (χ4v) is 0.341. The molecule has 0 bridgehead atoms. The Morgan fingerprint density at radius 2 is 0.682 bits per heavy atom. The van der Waals surface area contributed by atoms with E-state index < -0.39 is 30.8 Å². The summed E-state index contributed by atoms with van der Waals surface area (Å²) in [6, 6.07) is 0. The van der Waals surface area contributed by atoms with Crippen LogP contribution in [0.1, 0.15) is 0 Å². The van der Waals surface area contributed by atoms with Crippen LogP contribution >= 0.6 is 0 Å². The van der Waals surface area contributed by atoms with Gasteiger partial charge in [0.25, 0.3) is 0 Å². The van der Waals surface area contributed by atoms with Crippen molar-refractivity contribution in [2.24, 2.45) is 0 Å². The molecule has 0 aliphatic rings. The second-order valence-electron chi connectivity index (χ2n) is 1.69. The van der Waals surface area contributed by atoms with Crippen LogP contribution in [-0.4, -0.2) is 262 Å². The van der Waals surface area contributed by atoms with E-state index in [0.717, 1.165) is 0 Å². The molecule has 17 heteroatoms. The molecule has 11 nitrogen and oxygen atoms in total. The van der Waals surface area contributed by atoms with Crippen molar-refractivity contribution >= 4 is 252 Å². The van der Waals surface area contributed by atoms with Crippen LogP contribution in [0.3, 0.4) is 0 Å². The average molecular weight is 414 g/mol. The van der Waals surface area contributed by atoms with Gasteiger partial charge in [0, 0.05) is 0 Å². The summed E-state index contributed by atoms with van der Waals surface area (Å²) in [5, 5.41) is 15.7. The molecule has 2 N–H and O–H groups in total. The van der Waals surface area contributed by atoms with Crippen LogP contribution in [0.15, 0.2) is 0 Å². The maximum atomic E-state index is 10.4. The molecule has 0 saturated heterocycles. The van der Waals surface area contributed by atoms with Gasteiger partial charge in [-0.2, -0.15) is 0 Å². The zero-order valence-corrected chi connectivity index (χ0v) is 7.07. The predicted octanol–water partition coefficient (Wildman–Crippen LogP) is -3.12. The molecule has 0 radical (unpaired) electrons. The molecule has 0 amide bonds. The van der Waals surface area contributed by atoms with Crippen molar-refractivity contribution in [3.63, 3.8) is 0 Å². The summed E-state index contributed by atoms with van der Waals surface area (Å²) in [7, 11) is 0. The van der Waals surface area contributed by atoms with Gasteiger partial charge >= 0.3 is 252 Å². The van der Waals surface area contributed by atoms with Gasteiger partial charge in [0.2, 0.25) is 0 Å². The maximum absolute atomic E-state index is 10.4. The topological polar surface area (TPSA) is 163 Å². The third-order valence-electron chi connectivity index (χ3n) is 0.675. The third-order valence-corrected chi connectivity index (χ3v) is 0.675. The molecule has 0 saturated carbocycles. The van der Waals surface area contributed by atoms with Crippen molar-refractivity contribution in [2.45, 2.75) is 0 Å². The summed E-state index contributed by atoms with van der Waals surface area (Å²) in [5.74, 6) is 0. The molecule has 0 rings (SSSR count). The summed E-state index contributed by atoms with van der Waals surface area (Å²) in [4.78, 5) is 50.4. The van der Waals surface area contributed by atoms with E-state index in [4.69, 9.17) is 10.2 Å². The van der Waals surface area contributed by atoms with Gasteiger partial charge < -0.3 is 29.2 Å². The normalized spacial score (nSPS) is 6.18. The Balaban J connectivity index is -0.0000000750. The molecular formula is C5H8K2Na4O11. The average Bonchev–Trinajstić information content (AvgIpc) is 1.97. The van der Waals surface area contributed by atoms with E-state index in [1.807, 2.05) is 0 Å². The first kappa shape index (κ1) is 45.3. The van der Waals surface area contributed by atoms with Gasteiger partial charge in [0.15, 0.2) is 0 Å². The second-order valence-corrected chi connectivity index (χ2v) is 1.69. The van der Waals surface area contributed by atoms with Gasteiger partial charge in [0.1, 0.15) is 0 Å². The van der Waals surface area contributed by atoms with Crippen molar-refractivity contribution in [1.82, 2.24) is 0 Å². The fraction of sp³-hybridized carbons (Fsp3) is 0. The molecule has 0 fully saturated rings. The van der Waals surface area contributed by atoms with Crippen LogP contribution in [0.5, 0.6) is 0 Å². The minimum absolute atomic E-state index is 0. The minimum atomic E-state index is -2.06. The second kappa shape index (κ2) is 27.6. The number of carbonyl (C=O) groups is 5. The van der Waals surface area contributed by atoms with Crippen LogP contribution < -0.4 is 0 Å². The van der Waals surface area contributed by atoms with E-state index in [1.54, 1.807) is 0 Å². The molecule has 0 aliphatic carbocycles. The zero-order valence-electron chi connectivity index (χ0n) is 7.07. The number of carboxylic acid groups (broad SMARTS) is 2. The van der Waals surface area contributed by atoms with Gasteiger partial charge in [-0.05, 0) is 0 Å². The molecule has 0 aromatic rings. The van der Waals surface area contributed by atoms with E-state index in [9.17, 15) is 24.0 Å².